The first-order valence-corrected chi connectivity index (χ1v) is 5.32. The summed E-state index contributed by atoms with van der Waals surface area (Å²) in [5.74, 6) is 0.891. The van der Waals surface area contributed by atoms with Crippen LogP contribution in [0.4, 0.5) is 0 Å². The lowest BCUT2D eigenvalue weighted by molar-refractivity contribution is 0.728. The maximum atomic E-state index is 5.22. The number of rotatable bonds is 2. The Bertz CT molecular complexity index is 545. The van der Waals surface area contributed by atoms with Gasteiger partial charge in [0.2, 0.25) is 0 Å². The molecule has 5 nitrogen and oxygen atoms in total. The molecule has 78 valence electrons. The number of hydrogen-bond acceptors (Lipinski definition) is 3. The van der Waals surface area contributed by atoms with E-state index in [0.717, 1.165) is 11.5 Å². The fourth-order valence-electron chi connectivity index (χ4n) is 1.73. The zero-order chi connectivity index (χ0) is 10.4. The minimum absolute atomic E-state index is 0.529. The summed E-state index contributed by atoms with van der Waals surface area (Å²) in [4.78, 5) is 4.09. The Hall–Kier alpha value is -1.43. The Kier molecular flexibility index (Phi) is 1.79. The van der Waals surface area contributed by atoms with Crippen molar-refractivity contribution in [3.63, 3.8) is 0 Å². The van der Waals surface area contributed by atoms with Crippen molar-refractivity contribution in [2.75, 3.05) is 0 Å². The summed E-state index contributed by atoms with van der Waals surface area (Å²) in [7, 11) is 1.96. The lowest BCUT2D eigenvalue weighted by atomic mass is 10.4. The van der Waals surface area contributed by atoms with Gasteiger partial charge in [0.25, 0.3) is 0 Å². The van der Waals surface area contributed by atoms with E-state index in [0.29, 0.717) is 10.8 Å². The van der Waals surface area contributed by atoms with Crippen molar-refractivity contribution in [3.05, 3.63) is 17.3 Å². The summed E-state index contributed by atoms with van der Waals surface area (Å²) in [6.45, 7) is 0. The van der Waals surface area contributed by atoms with E-state index >= 15 is 0 Å². The molecule has 0 radical (unpaired) electrons. The molecule has 0 bridgehead atoms. The molecule has 1 fully saturated rings. The van der Waals surface area contributed by atoms with Crippen LogP contribution in [0.3, 0.4) is 0 Å². The topological polar surface area (TPSA) is 51.4 Å². The van der Waals surface area contributed by atoms with Crippen LogP contribution >= 0.6 is 12.2 Å². The van der Waals surface area contributed by atoms with Crippen LogP contribution in [0.15, 0.2) is 12.5 Å². The van der Waals surface area contributed by atoms with Gasteiger partial charge in [0, 0.05) is 13.1 Å². The first kappa shape index (κ1) is 8.84. The van der Waals surface area contributed by atoms with Gasteiger partial charge in [-0.25, -0.2) is 4.98 Å². The van der Waals surface area contributed by atoms with Gasteiger partial charge < -0.3 is 4.57 Å². The molecule has 1 aliphatic rings. The molecule has 3 rings (SSSR count). The highest BCUT2D eigenvalue weighted by Crippen LogP contribution is 2.37. The zero-order valence-electron chi connectivity index (χ0n) is 8.34. The van der Waals surface area contributed by atoms with Crippen LogP contribution in [-0.2, 0) is 7.05 Å². The van der Waals surface area contributed by atoms with E-state index in [-0.39, 0.29) is 0 Å². The third-order valence-corrected chi connectivity index (χ3v) is 2.95. The van der Waals surface area contributed by atoms with E-state index in [1.165, 1.54) is 12.8 Å². The van der Waals surface area contributed by atoms with Crippen LogP contribution < -0.4 is 0 Å². The third kappa shape index (κ3) is 1.32. The summed E-state index contributed by atoms with van der Waals surface area (Å²) in [5, 5.41) is 7.11. The van der Waals surface area contributed by atoms with Crippen molar-refractivity contribution in [3.8, 4) is 11.5 Å². The average molecular weight is 221 g/mol. The monoisotopic (exact) mass is 221 g/mol. The number of aromatic amines is 1. The van der Waals surface area contributed by atoms with Gasteiger partial charge >= 0.3 is 0 Å². The summed E-state index contributed by atoms with van der Waals surface area (Å²) >= 11 is 5.22. The molecule has 1 N–H and O–H groups in total. The molecule has 0 spiro atoms. The second-order valence-electron chi connectivity index (χ2n) is 3.84. The van der Waals surface area contributed by atoms with Gasteiger partial charge in [-0.15, -0.1) is 0 Å². The molecule has 0 atom stereocenters. The molecule has 2 aromatic rings. The maximum Gasteiger partial charge on any atom is 0.195 e. The Labute approximate surface area is 91.8 Å². The van der Waals surface area contributed by atoms with Crippen molar-refractivity contribution in [2.24, 2.45) is 7.05 Å². The van der Waals surface area contributed by atoms with Gasteiger partial charge in [0.05, 0.1) is 12.5 Å². The van der Waals surface area contributed by atoms with Crippen LogP contribution in [0.25, 0.3) is 11.5 Å². The average Bonchev–Trinajstić information content (AvgIpc) is 2.85. The molecule has 0 aliphatic heterocycles. The molecule has 2 aromatic heterocycles. The molecule has 2 heterocycles. The normalized spacial score (nSPS) is 15.8. The van der Waals surface area contributed by atoms with Crippen molar-refractivity contribution in [1.82, 2.24) is 24.3 Å². The van der Waals surface area contributed by atoms with Crippen LogP contribution in [0.1, 0.15) is 18.9 Å². The summed E-state index contributed by atoms with van der Waals surface area (Å²) in [5.41, 5.74) is 0.995. The smallest absolute Gasteiger partial charge is 0.195 e. The van der Waals surface area contributed by atoms with E-state index < -0.39 is 0 Å². The van der Waals surface area contributed by atoms with Gasteiger partial charge in [-0.2, -0.15) is 5.10 Å². The molecule has 0 amide bonds. The predicted molar refractivity (Wildman–Crippen MR) is 57.9 cm³/mol. The highest BCUT2D eigenvalue weighted by Gasteiger charge is 2.28. The lowest BCUT2D eigenvalue weighted by Crippen LogP contribution is -2.00. The Morgan fingerprint density at radius 3 is 2.93 bits per heavy atom. The van der Waals surface area contributed by atoms with Gasteiger partial charge in [0.1, 0.15) is 5.69 Å². The highest BCUT2D eigenvalue weighted by molar-refractivity contribution is 7.71. The first-order valence-electron chi connectivity index (χ1n) is 4.91. The van der Waals surface area contributed by atoms with Crippen molar-refractivity contribution in [1.29, 1.82) is 0 Å². The number of aromatic nitrogens is 5. The van der Waals surface area contributed by atoms with E-state index in [9.17, 15) is 0 Å². The van der Waals surface area contributed by atoms with Gasteiger partial charge in [0.15, 0.2) is 10.6 Å². The molecule has 15 heavy (non-hydrogen) atoms. The number of hydrogen-bond donors (Lipinski definition) is 1. The van der Waals surface area contributed by atoms with Gasteiger partial charge in [-0.3, -0.25) is 9.67 Å². The second-order valence-corrected chi connectivity index (χ2v) is 4.23. The molecular weight excluding hydrogens is 210 g/mol. The minimum atomic E-state index is 0.529. The molecular formula is C9H11N5S. The largest absolute Gasteiger partial charge is 0.331 e. The molecule has 0 aromatic carbocycles. The fourth-order valence-corrected chi connectivity index (χ4v) is 2.01. The van der Waals surface area contributed by atoms with Crippen LogP contribution in [0.2, 0.25) is 0 Å². The van der Waals surface area contributed by atoms with Gasteiger partial charge in [-0.1, -0.05) is 0 Å². The number of aryl methyl sites for hydroxylation is 1. The lowest BCUT2D eigenvalue weighted by Gasteiger charge is -2.04. The van der Waals surface area contributed by atoms with Crippen molar-refractivity contribution >= 4 is 12.2 Å². The number of imidazole rings is 1. The highest BCUT2D eigenvalue weighted by atomic mass is 32.1. The summed E-state index contributed by atoms with van der Waals surface area (Å²) in [6.07, 6.45) is 5.96. The molecule has 0 saturated heterocycles. The molecule has 1 aliphatic carbocycles. The van der Waals surface area contributed by atoms with E-state index in [4.69, 9.17) is 12.2 Å². The summed E-state index contributed by atoms with van der Waals surface area (Å²) in [6, 6.07) is 0.529. The van der Waals surface area contributed by atoms with Crippen molar-refractivity contribution < 1.29 is 0 Å². The second kappa shape index (κ2) is 3.03. The third-order valence-electron chi connectivity index (χ3n) is 2.66. The standard InChI is InChI=1S/C9H11N5S/c1-13-5-10-4-7(13)8-11-12-9(15)14(8)6-2-3-6/h4-6H,2-3H2,1H3,(H,12,15). The van der Waals surface area contributed by atoms with Crippen molar-refractivity contribution in [2.45, 2.75) is 18.9 Å². The van der Waals surface area contributed by atoms with Crippen LogP contribution in [0, 0.1) is 4.77 Å². The van der Waals surface area contributed by atoms with E-state index in [2.05, 4.69) is 19.7 Å². The maximum absolute atomic E-state index is 5.22. The zero-order valence-corrected chi connectivity index (χ0v) is 9.16. The Balaban J connectivity index is 2.20. The minimum Gasteiger partial charge on any atom is -0.331 e. The molecule has 0 unspecified atom stereocenters. The quantitative estimate of drug-likeness (QED) is 0.785. The Morgan fingerprint density at radius 2 is 2.33 bits per heavy atom. The van der Waals surface area contributed by atoms with Crippen LogP contribution in [-0.4, -0.2) is 24.3 Å². The molecule has 6 heteroatoms. The Morgan fingerprint density at radius 1 is 1.53 bits per heavy atom. The number of H-pyrrole nitrogens is 1. The fraction of sp³-hybridized carbons (Fsp3) is 0.444. The van der Waals surface area contributed by atoms with Gasteiger partial charge in [-0.05, 0) is 25.1 Å². The van der Waals surface area contributed by atoms with E-state index in [1.54, 1.807) is 6.33 Å². The predicted octanol–water partition coefficient (Wildman–Crippen LogP) is 1.68. The molecule has 1 saturated carbocycles. The van der Waals surface area contributed by atoms with Crippen LogP contribution in [0.5, 0.6) is 0 Å². The summed E-state index contributed by atoms with van der Waals surface area (Å²) < 4.78 is 4.74. The number of nitrogens with zero attached hydrogens (tertiary/aromatic N) is 4. The SMILES string of the molecule is Cn1cncc1-c1n[nH]c(=S)n1C1CC1. The number of nitrogens with one attached hydrogen (secondary N) is 1. The first-order chi connectivity index (χ1) is 7.27. The van der Waals surface area contributed by atoms with E-state index in [1.807, 2.05) is 17.8 Å².